The van der Waals surface area contributed by atoms with Crippen LogP contribution in [0.4, 0.5) is 11.8 Å². The fourth-order valence-corrected chi connectivity index (χ4v) is 2.28. The lowest BCUT2D eigenvalue weighted by atomic mass is 10.1. The summed E-state index contributed by atoms with van der Waals surface area (Å²) in [5.74, 6) is 0.359. The third kappa shape index (κ3) is 4.55. The number of nitrogens with zero attached hydrogens (tertiary/aromatic N) is 4. The van der Waals surface area contributed by atoms with E-state index in [0.29, 0.717) is 21.3 Å². The van der Waals surface area contributed by atoms with Gasteiger partial charge in [0, 0.05) is 18.7 Å². The molecule has 0 aliphatic carbocycles. The molecule has 0 saturated heterocycles. The third-order valence-corrected chi connectivity index (χ3v) is 3.75. The second-order valence-electron chi connectivity index (χ2n) is 4.38. The molecule has 2 rings (SSSR count). The minimum Gasteiger partial charge on any atom is -0.395 e. The molecule has 0 atom stereocenters. The van der Waals surface area contributed by atoms with E-state index in [4.69, 9.17) is 39.1 Å². The number of aliphatic hydroxyl groups is 2. The van der Waals surface area contributed by atoms with Crippen molar-refractivity contribution >= 4 is 47.4 Å². The Morgan fingerprint density at radius 2 is 1.74 bits per heavy atom. The summed E-state index contributed by atoms with van der Waals surface area (Å²) in [5, 5.41) is 26.8. The van der Waals surface area contributed by atoms with Crippen molar-refractivity contribution in [2.45, 2.75) is 0 Å². The van der Waals surface area contributed by atoms with Crippen molar-refractivity contribution in [3.8, 4) is 11.3 Å². The smallest absolute Gasteiger partial charge is 0.247 e. The van der Waals surface area contributed by atoms with Crippen LogP contribution in [0.1, 0.15) is 0 Å². The van der Waals surface area contributed by atoms with Gasteiger partial charge in [0.25, 0.3) is 0 Å². The van der Waals surface area contributed by atoms with Gasteiger partial charge in [0.1, 0.15) is 5.69 Å². The van der Waals surface area contributed by atoms with E-state index in [1.807, 2.05) is 0 Å². The molecule has 126 valence electrons. The van der Waals surface area contributed by atoms with Crippen molar-refractivity contribution in [3.05, 3.63) is 28.2 Å². The number of halogens is 3. The molecule has 0 aliphatic rings. The van der Waals surface area contributed by atoms with E-state index < -0.39 is 0 Å². The van der Waals surface area contributed by atoms with Crippen LogP contribution in [0.15, 0.2) is 18.2 Å². The summed E-state index contributed by atoms with van der Waals surface area (Å²) in [4.78, 5) is 5.74. The average Bonchev–Trinajstić information content (AvgIpc) is 2.50. The van der Waals surface area contributed by atoms with Crippen molar-refractivity contribution in [2.75, 3.05) is 36.9 Å². The van der Waals surface area contributed by atoms with Crippen LogP contribution in [0.3, 0.4) is 0 Å². The quantitative estimate of drug-likeness (QED) is 0.699. The molecule has 1 aromatic carbocycles. The fourth-order valence-electron chi connectivity index (χ4n) is 1.89. The van der Waals surface area contributed by atoms with Crippen molar-refractivity contribution in [1.82, 2.24) is 15.2 Å². The van der Waals surface area contributed by atoms with E-state index in [9.17, 15) is 0 Å². The number of aliphatic hydroxyl groups excluding tert-OH is 2. The number of nitrogen functional groups attached to an aromatic ring is 1. The number of hydrogen-bond acceptors (Lipinski definition) is 7. The Balaban J connectivity index is 0.00000264. The first-order valence-corrected chi connectivity index (χ1v) is 7.25. The molecule has 10 heteroatoms. The van der Waals surface area contributed by atoms with Crippen LogP contribution in [0, 0.1) is 0 Å². The maximum absolute atomic E-state index is 9.03. The number of anilines is 2. The van der Waals surface area contributed by atoms with Crippen LogP contribution in [0.2, 0.25) is 10.0 Å². The third-order valence-electron chi connectivity index (χ3n) is 2.93. The van der Waals surface area contributed by atoms with Gasteiger partial charge in [-0.25, -0.2) is 0 Å². The van der Waals surface area contributed by atoms with E-state index >= 15 is 0 Å². The number of nitrogens with two attached hydrogens (primary N) is 1. The lowest BCUT2D eigenvalue weighted by molar-refractivity contribution is 0.280. The number of rotatable bonds is 6. The molecule has 1 aromatic heterocycles. The van der Waals surface area contributed by atoms with Crippen LogP contribution in [-0.4, -0.2) is 51.7 Å². The minimum absolute atomic E-state index is 0. The van der Waals surface area contributed by atoms with Crippen LogP contribution >= 0.6 is 35.6 Å². The van der Waals surface area contributed by atoms with Gasteiger partial charge in [-0.1, -0.05) is 35.3 Å². The Kier molecular flexibility index (Phi) is 7.74. The molecule has 0 bridgehead atoms. The molecule has 0 saturated carbocycles. The van der Waals surface area contributed by atoms with Gasteiger partial charge in [0.05, 0.1) is 23.3 Å². The maximum atomic E-state index is 9.03. The van der Waals surface area contributed by atoms with Gasteiger partial charge in [0.15, 0.2) is 5.82 Å². The molecule has 0 amide bonds. The Morgan fingerprint density at radius 3 is 2.30 bits per heavy atom. The molecule has 7 nitrogen and oxygen atoms in total. The predicted octanol–water partition coefficient (Wildman–Crippen LogP) is 1.64. The van der Waals surface area contributed by atoms with E-state index in [2.05, 4.69) is 15.2 Å². The number of hydrogen-bond donors (Lipinski definition) is 3. The zero-order chi connectivity index (χ0) is 16.1. The molecule has 0 aliphatic heterocycles. The molecule has 0 radical (unpaired) electrons. The maximum Gasteiger partial charge on any atom is 0.247 e. The summed E-state index contributed by atoms with van der Waals surface area (Å²) in [7, 11) is 0. The molecule has 0 spiro atoms. The summed E-state index contributed by atoms with van der Waals surface area (Å²) in [6, 6.07) is 5.10. The molecule has 0 unspecified atom stereocenters. The Hall–Kier alpha value is -1.38. The topological polar surface area (TPSA) is 108 Å². The summed E-state index contributed by atoms with van der Waals surface area (Å²) in [6.07, 6.45) is 0. The lowest BCUT2D eigenvalue weighted by Crippen LogP contribution is -2.31. The summed E-state index contributed by atoms with van der Waals surface area (Å²) >= 11 is 12.1. The SMILES string of the molecule is Cl.Nc1nc(N(CCO)CCO)nnc1-c1cccc(Cl)c1Cl. The first kappa shape index (κ1) is 19.7. The van der Waals surface area contributed by atoms with Crippen LogP contribution in [0.5, 0.6) is 0 Å². The molecule has 1 heterocycles. The molecule has 0 fully saturated rings. The summed E-state index contributed by atoms with van der Waals surface area (Å²) < 4.78 is 0. The van der Waals surface area contributed by atoms with Gasteiger partial charge in [-0.2, -0.15) is 4.98 Å². The standard InChI is InChI=1S/C13H15Cl2N5O2.ClH/c14-9-3-1-2-8(10(9)15)11-12(16)17-13(19-18-11)20(4-6-21)5-7-22;/h1-3,21-22H,4-7H2,(H2,16,17,19);1H. The molecular weight excluding hydrogens is 365 g/mol. The lowest BCUT2D eigenvalue weighted by Gasteiger charge is -2.20. The van der Waals surface area contributed by atoms with E-state index in [1.165, 1.54) is 0 Å². The van der Waals surface area contributed by atoms with Gasteiger partial charge in [-0.15, -0.1) is 22.6 Å². The van der Waals surface area contributed by atoms with Crippen molar-refractivity contribution < 1.29 is 10.2 Å². The Bertz CT molecular complexity index is 654. The highest BCUT2D eigenvalue weighted by Gasteiger charge is 2.16. The van der Waals surface area contributed by atoms with Crippen molar-refractivity contribution in [2.24, 2.45) is 0 Å². The van der Waals surface area contributed by atoms with Gasteiger partial charge >= 0.3 is 0 Å². The Morgan fingerprint density at radius 1 is 1.09 bits per heavy atom. The minimum atomic E-state index is -0.106. The first-order valence-electron chi connectivity index (χ1n) is 6.49. The Labute approximate surface area is 149 Å². The summed E-state index contributed by atoms with van der Waals surface area (Å²) in [5.41, 5.74) is 6.79. The van der Waals surface area contributed by atoms with E-state index in [-0.39, 0.29) is 50.5 Å². The average molecular weight is 381 g/mol. The number of aromatic nitrogens is 3. The zero-order valence-electron chi connectivity index (χ0n) is 12.0. The van der Waals surface area contributed by atoms with Gasteiger partial charge < -0.3 is 20.8 Å². The molecule has 4 N–H and O–H groups in total. The highest BCUT2D eigenvalue weighted by molar-refractivity contribution is 6.43. The van der Waals surface area contributed by atoms with E-state index in [0.717, 1.165) is 0 Å². The van der Waals surface area contributed by atoms with Gasteiger partial charge in [-0.05, 0) is 6.07 Å². The number of benzene rings is 1. The van der Waals surface area contributed by atoms with Crippen molar-refractivity contribution in [1.29, 1.82) is 0 Å². The predicted molar refractivity (Wildman–Crippen MR) is 93.3 cm³/mol. The monoisotopic (exact) mass is 379 g/mol. The normalized spacial score (nSPS) is 10.3. The van der Waals surface area contributed by atoms with Crippen LogP contribution in [0.25, 0.3) is 11.3 Å². The molecular formula is C13H16Cl3N5O2. The molecule has 2 aromatic rings. The highest BCUT2D eigenvalue weighted by atomic mass is 35.5. The van der Waals surface area contributed by atoms with Crippen LogP contribution in [-0.2, 0) is 0 Å². The molecule has 23 heavy (non-hydrogen) atoms. The summed E-state index contributed by atoms with van der Waals surface area (Å²) in [6.45, 7) is 0.314. The second kappa shape index (κ2) is 9.05. The van der Waals surface area contributed by atoms with Crippen LogP contribution < -0.4 is 10.6 Å². The fraction of sp³-hybridized carbons (Fsp3) is 0.308. The van der Waals surface area contributed by atoms with Gasteiger partial charge in [-0.3, -0.25) is 0 Å². The first-order chi connectivity index (χ1) is 10.6. The zero-order valence-corrected chi connectivity index (χ0v) is 14.3. The van der Waals surface area contributed by atoms with Gasteiger partial charge in [0.2, 0.25) is 5.95 Å². The second-order valence-corrected chi connectivity index (χ2v) is 5.17. The highest BCUT2D eigenvalue weighted by Crippen LogP contribution is 2.34. The largest absolute Gasteiger partial charge is 0.395 e. The van der Waals surface area contributed by atoms with E-state index in [1.54, 1.807) is 23.1 Å². The van der Waals surface area contributed by atoms with Crippen molar-refractivity contribution in [3.63, 3.8) is 0 Å².